The van der Waals surface area contributed by atoms with Crippen molar-refractivity contribution in [1.29, 1.82) is 0 Å². The monoisotopic (exact) mass is 267 g/mol. The van der Waals surface area contributed by atoms with Crippen molar-refractivity contribution < 1.29 is 18.1 Å². The van der Waals surface area contributed by atoms with Crippen LogP contribution in [0.25, 0.3) is 0 Å². The molecule has 0 heterocycles. The summed E-state index contributed by atoms with van der Waals surface area (Å²) in [6.45, 7) is 7.41. The third-order valence-corrected chi connectivity index (χ3v) is 3.16. The number of hydrogen-bond acceptors (Lipinski definition) is 4. The smallest absolute Gasteiger partial charge is 0.331 e. The van der Waals surface area contributed by atoms with Gasteiger partial charge >= 0.3 is 8.56 Å². The number of amides is 1. The molecule has 5 nitrogen and oxygen atoms in total. The van der Waals surface area contributed by atoms with Crippen molar-refractivity contribution in [3.8, 4) is 0 Å². The molecule has 0 spiro atoms. The molecule has 0 aliphatic carbocycles. The fraction of sp³-hybridized carbons (Fsp3) is 0.889. The van der Waals surface area contributed by atoms with Crippen molar-refractivity contribution in [2.75, 3.05) is 28.3 Å². The van der Waals surface area contributed by atoms with Gasteiger partial charge in [0.1, 0.15) is 0 Å². The molecule has 7 heteroatoms. The Kier molecular flexibility index (Phi) is 16.6. The second-order valence-electron chi connectivity index (χ2n) is 3.79. The Morgan fingerprint density at radius 3 is 1.31 bits per heavy atom. The van der Waals surface area contributed by atoms with Crippen LogP contribution in [0.1, 0.15) is 0 Å². The summed E-state index contributed by atoms with van der Waals surface area (Å²) in [5.74, 6) is 0. The van der Waals surface area contributed by atoms with Crippen LogP contribution in [0.4, 0.5) is 0 Å². The average Bonchev–Trinajstić information content (AvgIpc) is 2.18. The highest BCUT2D eigenvalue weighted by Gasteiger charge is 2.19. The number of rotatable bonds is 3. The molecule has 0 aliphatic heterocycles. The lowest BCUT2D eigenvalue weighted by Gasteiger charge is -2.15. The van der Waals surface area contributed by atoms with Gasteiger partial charge < -0.3 is 18.2 Å². The second-order valence-corrected chi connectivity index (χ2v) is 9.22. The summed E-state index contributed by atoms with van der Waals surface area (Å²) in [6.07, 6.45) is 0.750. The molecule has 98 valence electrons. The molecule has 0 aliphatic rings. The van der Waals surface area contributed by atoms with Gasteiger partial charge in [-0.2, -0.15) is 0 Å². The van der Waals surface area contributed by atoms with Crippen LogP contribution in [-0.2, 0) is 18.1 Å². The van der Waals surface area contributed by atoms with E-state index in [1.54, 1.807) is 41.4 Å². The summed E-state index contributed by atoms with van der Waals surface area (Å²) >= 11 is 0. The van der Waals surface area contributed by atoms with Crippen molar-refractivity contribution in [2.24, 2.45) is 0 Å². The molecular weight excluding hydrogens is 242 g/mol. The molecule has 0 rings (SSSR count). The van der Waals surface area contributed by atoms with E-state index in [1.807, 2.05) is 13.1 Å². The van der Waals surface area contributed by atoms with Crippen molar-refractivity contribution >= 4 is 23.7 Å². The number of hydrogen-bond donors (Lipinski definition) is 0. The van der Waals surface area contributed by atoms with Crippen LogP contribution in [0.5, 0.6) is 0 Å². The normalized spacial score (nSPS) is 9.00. The van der Waals surface area contributed by atoms with E-state index >= 15 is 0 Å². The van der Waals surface area contributed by atoms with Gasteiger partial charge in [-0.25, -0.2) is 0 Å². The van der Waals surface area contributed by atoms with E-state index in [4.69, 9.17) is 8.85 Å². The lowest BCUT2D eigenvalue weighted by atomic mass is 11.0. The maximum atomic E-state index is 9.63. The van der Waals surface area contributed by atoms with Gasteiger partial charge in [0.15, 0.2) is 0 Å². The number of carbonyl (C=O) groups excluding carboxylic acids is 1. The predicted octanol–water partition coefficient (Wildman–Crippen LogP) is 1.35. The zero-order valence-electron chi connectivity index (χ0n) is 11.7. The van der Waals surface area contributed by atoms with Crippen LogP contribution in [0.3, 0.4) is 0 Å². The molecule has 0 unspecified atom stereocenters. The highest BCUT2D eigenvalue weighted by atomic mass is 28.4. The molecular formula is C9H25NO4Si2. The molecule has 0 N–H and O–H groups in total. The maximum absolute atomic E-state index is 9.63. The largest absolute Gasteiger partial charge is 0.398 e. The highest BCUT2D eigenvalue weighted by molar-refractivity contribution is 6.64. The van der Waals surface area contributed by atoms with Gasteiger partial charge in [0.2, 0.25) is 6.41 Å². The van der Waals surface area contributed by atoms with Gasteiger partial charge in [-0.3, -0.25) is 4.79 Å². The molecule has 0 aromatic carbocycles. The lowest BCUT2D eigenvalue weighted by molar-refractivity contribution is -0.115. The predicted molar refractivity (Wildman–Crippen MR) is 69.4 cm³/mol. The number of nitrogens with zero attached hydrogens (tertiary/aromatic N) is 1. The van der Waals surface area contributed by atoms with Crippen LogP contribution in [0.2, 0.25) is 26.2 Å². The minimum absolute atomic E-state index is 0.750. The van der Waals surface area contributed by atoms with Gasteiger partial charge in [0, 0.05) is 28.3 Å². The van der Waals surface area contributed by atoms with E-state index in [0.717, 1.165) is 6.41 Å². The number of carbonyl (C=O) groups is 1. The molecule has 0 aromatic heterocycles. The van der Waals surface area contributed by atoms with Crippen LogP contribution in [0.15, 0.2) is 0 Å². The Morgan fingerprint density at radius 1 is 1.12 bits per heavy atom. The Labute approximate surface area is 102 Å². The second kappa shape index (κ2) is 12.7. The minimum atomic E-state index is -1.65. The van der Waals surface area contributed by atoms with Gasteiger partial charge in [-0.05, 0) is 26.2 Å². The molecule has 0 saturated heterocycles. The molecule has 0 atom stereocenters. The first-order chi connectivity index (χ1) is 7.12. The first-order valence-corrected chi connectivity index (χ1v) is 10.0. The van der Waals surface area contributed by atoms with Crippen molar-refractivity contribution in [3.05, 3.63) is 0 Å². The quantitative estimate of drug-likeness (QED) is 0.572. The standard InChI is InChI=1S/C4H12O2Si.C3H7NO.C2H6OSi/c1-5-7(3,4)6-2;1-4(2)3-5;1-4(2)3/h1-4H3;3H,1-2H3;1-2H3. The van der Waals surface area contributed by atoms with E-state index in [0.29, 0.717) is 0 Å². The summed E-state index contributed by atoms with van der Waals surface area (Å²) < 4.78 is 19.6. The third-order valence-electron chi connectivity index (χ3n) is 1.19. The summed E-state index contributed by atoms with van der Waals surface area (Å²) in [5, 5.41) is 0. The van der Waals surface area contributed by atoms with Gasteiger partial charge in [-0.15, -0.1) is 0 Å². The molecule has 0 saturated carbocycles. The van der Waals surface area contributed by atoms with E-state index in [9.17, 15) is 9.26 Å². The van der Waals surface area contributed by atoms with E-state index in [-0.39, 0.29) is 0 Å². The zero-order chi connectivity index (χ0) is 13.8. The Bertz CT molecular complexity index is 176. The van der Waals surface area contributed by atoms with Crippen molar-refractivity contribution in [1.82, 2.24) is 4.90 Å². The molecule has 1 amide bonds. The fourth-order valence-corrected chi connectivity index (χ4v) is 0.250. The van der Waals surface area contributed by atoms with E-state index in [2.05, 4.69) is 0 Å². The molecule has 0 bridgehead atoms. The van der Waals surface area contributed by atoms with E-state index in [1.165, 1.54) is 4.90 Å². The van der Waals surface area contributed by atoms with E-state index < -0.39 is 17.2 Å². The van der Waals surface area contributed by atoms with Crippen molar-refractivity contribution in [2.45, 2.75) is 26.2 Å². The van der Waals surface area contributed by atoms with Crippen LogP contribution < -0.4 is 0 Å². The highest BCUT2D eigenvalue weighted by Crippen LogP contribution is 1.99. The summed E-state index contributed by atoms with van der Waals surface area (Å²) in [5.41, 5.74) is 0. The third kappa shape index (κ3) is 37.4. The lowest BCUT2D eigenvalue weighted by Crippen LogP contribution is -2.31. The molecule has 0 radical (unpaired) electrons. The molecule has 0 aromatic rings. The Balaban J connectivity index is -0.000000166. The van der Waals surface area contributed by atoms with Crippen LogP contribution >= 0.6 is 0 Å². The molecule has 0 fully saturated rings. The summed E-state index contributed by atoms with van der Waals surface area (Å²) in [4.78, 5) is 10.9. The SMILES string of the molecule is CN(C)C=O.CO[Si](C)(C)OC.C[Si](C)=O. The zero-order valence-corrected chi connectivity index (χ0v) is 13.7. The van der Waals surface area contributed by atoms with Crippen LogP contribution in [-0.4, -0.2) is 56.9 Å². The van der Waals surface area contributed by atoms with Gasteiger partial charge in [0.05, 0.1) is 0 Å². The Morgan fingerprint density at radius 2 is 1.31 bits per heavy atom. The first kappa shape index (κ1) is 21.0. The first-order valence-electron chi connectivity index (χ1n) is 4.82. The van der Waals surface area contributed by atoms with Gasteiger partial charge in [0.25, 0.3) is 8.68 Å². The van der Waals surface area contributed by atoms with Gasteiger partial charge in [-0.1, -0.05) is 0 Å². The Hall–Kier alpha value is -0.376. The fourth-order valence-electron chi connectivity index (χ4n) is 0.0833. The molecule has 16 heavy (non-hydrogen) atoms. The maximum Gasteiger partial charge on any atom is 0.331 e. The topological polar surface area (TPSA) is 55.8 Å². The van der Waals surface area contributed by atoms with Crippen LogP contribution in [0, 0.1) is 0 Å². The summed E-state index contributed by atoms with van der Waals surface area (Å²) in [6, 6.07) is 0. The summed E-state index contributed by atoms with van der Waals surface area (Å²) in [7, 11) is 3.95. The van der Waals surface area contributed by atoms with Crippen molar-refractivity contribution in [3.63, 3.8) is 0 Å². The minimum Gasteiger partial charge on any atom is -0.398 e. The average molecular weight is 267 g/mol.